The van der Waals surface area contributed by atoms with E-state index in [-0.39, 0.29) is 17.9 Å². The quantitative estimate of drug-likeness (QED) is 0.914. The molecule has 21 heavy (non-hydrogen) atoms. The molecule has 1 aromatic rings. The molecule has 116 valence electrons. The van der Waals surface area contributed by atoms with Crippen molar-refractivity contribution < 1.29 is 9.59 Å². The lowest BCUT2D eigenvalue weighted by molar-refractivity contribution is -0.135. The smallest absolute Gasteiger partial charge is 0.245 e. The topological polar surface area (TPSA) is 67.2 Å². The van der Waals surface area contributed by atoms with Crippen molar-refractivity contribution in [3.63, 3.8) is 0 Å². The number of hydrogen-bond donors (Lipinski definition) is 1. The molecule has 3 unspecified atom stereocenters. The van der Waals surface area contributed by atoms with E-state index < -0.39 is 6.04 Å². The molecular formula is C15H24N4O2. The molecule has 2 rings (SSSR count). The van der Waals surface area contributed by atoms with Gasteiger partial charge in [-0.3, -0.25) is 14.3 Å². The fourth-order valence-electron chi connectivity index (χ4n) is 2.51. The second kappa shape index (κ2) is 6.28. The van der Waals surface area contributed by atoms with E-state index in [0.29, 0.717) is 19.0 Å². The molecule has 0 aromatic carbocycles. The predicted molar refractivity (Wildman–Crippen MR) is 79.5 cm³/mol. The summed E-state index contributed by atoms with van der Waals surface area (Å²) in [6.45, 7) is 8.31. The Morgan fingerprint density at radius 2 is 2.14 bits per heavy atom. The Bertz CT molecular complexity index is 525. The number of nitrogens with one attached hydrogen (secondary N) is 1. The van der Waals surface area contributed by atoms with E-state index in [0.717, 1.165) is 12.1 Å². The number of nitrogens with zero attached hydrogens (tertiary/aromatic N) is 3. The van der Waals surface area contributed by atoms with Crippen molar-refractivity contribution in [3.8, 4) is 0 Å². The molecule has 0 aliphatic carbocycles. The van der Waals surface area contributed by atoms with E-state index in [1.165, 1.54) is 0 Å². The molecule has 0 radical (unpaired) electrons. The highest BCUT2D eigenvalue weighted by molar-refractivity contribution is 5.90. The number of rotatable bonds is 4. The SMILES string of the molecule is CCC(C)n1ccc(CN2C(=O)C(C)NC(=O)CC2C)n1. The van der Waals surface area contributed by atoms with E-state index in [4.69, 9.17) is 0 Å². The molecule has 1 aromatic heterocycles. The third-order valence-corrected chi connectivity index (χ3v) is 4.08. The van der Waals surface area contributed by atoms with Crippen LogP contribution in [0.4, 0.5) is 0 Å². The highest BCUT2D eigenvalue weighted by Gasteiger charge is 2.31. The van der Waals surface area contributed by atoms with E-state index in [2.05, 4.69) is 24.3 Å². The summed E-state index contributed by atoms with van der Waals surface area (Å²) in [4.78, 5) is 25.8. The lowest BCUT2D eigenvalue weighted by Crippen LogP contribution is -2.44. The summed E-state index contributed by atoms with van der Waals surface area (Å²) >= 11 is 0. The summed E-state index contributed by atoms with van der Waals surface area (Å²) in [7, 11) is 0. The fourth-order valence-corrected chi connectivity index (χ4v) is 2.51. The normalized spacial score (nSPS) is 24.7. The predicted octanol–water partition coefficient (Wildman–Crippen LogP) is 1.48. The highest BCUT2D eigenvalue weighted by Crippen LogP contribution is 2.16. The summed E-state index contributed by atoms with van der Waals surface area (Å²) in [5, 5.41) is 7.25. The summed E-state index contributed by atoms with van der Waals surface area (Å²) in [5.41, 5.74) is 0.858. The highest BCUT2D eigenvalue weighted by atomic mass is 16.2. The molecule has 6 heteroatoms. The first-order valence-corrected chi connectivity index (χ1v) is 7.56. The van der Waals surface area contributed by atoms with Gasteiger partial charge in [0, 0.05) is 24.7 Å². The molecule has 1 aliphatic rings. The van der Waals surface area contributed by atoms with Crippen LogP contribution in [0.1, 0.15) is 52.3 Å². The average molecular weight is 292 g/mol. The minimum atomic E-state index is -0.473. The van der Waals surface area contributed by atoms with Crippen molar-refractivity contribution in [2.75, 3.05) is 0 Å². The van der Waals surface area contributed by atoms with Crippen molar-refractivity contribution in [2.45, 2.75) is 65.2 Å². The maximum Gasteiger partial charge on any atom is 0.245 e. The van der Waals surface area contributed by atoms with Crippen LogP contribution in [0.5, 0.6) is 0 Å². The molecule has 2 amide bonds. The van der Waals surface area contributed by atoms with Gasteiger partial charge in [0.2, 0.25) is 11.8 Å². The van der Waals surface area contributed by atoms with E-state index >= 15 is 0 Å². The monoisotopic (exact) mass is 292 g/mol. The van der Waals surface area contributed by atoms with Crippen LogP contribution in [-0.2, 0) is 16.1 Å². The Hall–Kier alpha value is -1.85. The van der Waals surface area contributed by atoms with Crippen molar-refractivity contribution in [3.05, 3.63) is 18.0 Å². The first-order chi connectivity index (χ1) is 9.92. The van der Waals surface area contributed by atoms with Crippen LogP contribution in [0, 0.1) is 0 Å². The fraction of sp³-hybridized carbons (Fsp3) is 0.667. The lowest BCUT2D eigenvalue weighted by atomic mass is 10.2. The number of hydrogen-bond acceptors (Lipinski definition) is 3. The summed E-state index contributed by atoms with van der Waals surface area (Å²) in [6, 6.07) is 1.70. The number of amides is 2. The Balaban J connectivity index is 2.14. The van der Waals surface area contributed by atoms with Gasteiger partial charge in [-0.25, -0.2) is 0 Å². The molecular weight excluding hydrogens is 268 g/mol. The van der Waals surface area contributed by atoms with Gasteiger partial charge in [0.15, 0.2) is 0 Å². The largest absolute Gasteiger partial charge is 0.345 e. The number of carbonyl (C=O) groups is 2. The van der Waals surface area contributed by atoms with Gasteiger partial charge in [0.05, 0.1) is 12.2 Å². The maximum atomic E-state index is 12.4. The zero-order valence-corrected chi connectivity index (χ0v) is 13.2. The minimum Gasteiger partial charge on any atom is -0.345 e. The molecule has 2 heterocycles. The third kappa shape index (κ3) is 3.43. The van der Waals surface area contributed by atoms with Gasteiger partial charge in [-0.15, -0.1) is 0 Å². The van der Waals surface area contributed by atoms with Gasteiger partial charge in [0.1, 0.15) is 6.04 Å². The average Bonchev–Trinajstić information content (AvgIpc) is 2.87. The first-order valence-electron chi connectivity index (χ1n) is 7.56. The van der Waals surface area contributed by atoms with Gasteiger partial charge in [-0.05, 0) is 33.3 Å². The first kappa shape index (κ1) is 15.5. The van der Waals surface area contributed by atoms with Crippen molar-refractivity contribution in [1.29, 1.82) is 0 Å². The Labute approximate surface area is 125 Å². The van der Waals surface area contributed by atoms with E-state index in [9.17, 15) is 9.59 Å². The van der Waals surface area contributed by atoms with Crippen LogP contribution in [0.2, 0.25) is 0 Å². The van der Waals surface area contributed by atoms with Crippen LogP contribution >= 0.6 is 0 Å². The summed E-state index contributed by atoms with van der Waals surface area (Å²) in [6.07, 6.45) is 3.29. The van der Waals surface area contributed by atoms with Gasteiger partial charge in [-0.2, -0.15) is 5.10 Å². The van der Waals surface area contributed by atoms with Crippen molar-refractivity contribution in [1.82, 2.24) is 20.0 Å². The van der Waals surface area contributed by atoms with Gasteiger partial charge >= 0.3 is 0 Å². The third-order valence-electron chi connectivity index (χ3n) is 4.08. The molecule has 1 aliphatic heterocycles. The van der Waals surface area contributed by atoms with Crippen LogP contribution in [-0.4, -0.2) is 38.6 Å². The summed E-state index contributed by atoms with van der Waals surface area (Å²) in [5.74, 6) is -0.123. The standard InChI is InChI=1S/C15H24N4O2/c1-5-10(2)19-7-6-13(17-19)9-18-11(3)8-14(20)16-12(4)15(18)21/h6-7,10-12H,5,8-9H2,1-4H3,(H,16,20). The van der Waals surface area contributed by atoms with Crippen molar-refractivity contribution >= 4 is 11.8 Å². The van der Waals surface area contributed by atoms with Gasteiger partial charge in [-0.1, -0.05) is 6.92 Å². The molecule has 1 N–H and O–H groups in total. The maximum absolute atomic E-state index is 12.4. The van der Waals surface area contributed by atoms with Crippen LogP contribution < -0.4 is 5.32 Å². The van der Waals surface area contributed by atoms with Crippen LogP contribution in [0.3, 0.4) is 0 Å². The molecule has 0 spiro atoms. The van der Waals surface area contributed by atoms with Crippen molar-refractivity contribution in [2.24, 2.45) is 0 Å². The van der Waals surface area contributed by atoms with E-state index in [1.807, 2.05) is 23.9 Å². The molecule has 3 atom stereocenters. The Kier molecular flexibility index (Phi) is 4.65. The molecule has 1 fully saturated rings. The molecule has 1 saturated heterocycles. The second-order valence-corrected chi connectivity index (χ2v) is 5.85. The number of carbonyl (C=O) groups excluding carboxylic acids is 2. The molecule has 0 bridgehead atoms. The molecule has 0 saturated carbocycles. The van der Waals surface area contributed by atoms with Crippen LogP contribution in [0.25, 0.3) is 0 Å². The van der Waals surface area contributed by atoms with Gasteiger partial charge < -0.3 is 10.2 Å². The Morgan fingerprint density at radius 1 is 1.43 bits per heavy atom. The second-order valence-electron chi connectivity index (χ2n) is 5.85. The van der Waals surface area contributed by atoms with Crippen LogP contribution in [0.15, 0.2) is 12.3 Å². The minimum absolute atomic E-state index is 0.0496. The number of aromatic nitrogens is 2. The van der Waals surface area contributed by atoms with Gasteiger partial charge in [0.25, 0.3) is 0 Å². The zero-order chi connectivity index (χ0) is 15.6. The zero-order valence-electron chi connectivity index (χ0n) is 13.2. The Morgan fingerprint density at radius 3 is 2.81 bits per heavy atom. The molecule has 6 nitrogen and oxygen atoms in total. The lowest BCUT2D eigenvalue weighted by Gasteiger charge is -2.27. The summed E-state index contributed by atoms with van der Waals surface area (Å²) < 4.78 is 1.93. The van der Waals surface area contributed by atoms with E-state index in [1.54, 1.807) is 11.8 Å².